The Morgan fingerprint density at radius 2 is 2.00 bits per heavy atom. The van der Waals surface area contributed by atoms with Crippen molar-refractivity contribution in [2.75, 3.05) is 5.32 Å². The van der Waals surface area contributed by atoms with Gasteiger partial charge in [-0.1, -0.05) is 44.4 Å². The Bertz CT molecular complexity index is 532. The van der Waals surface area contributed by atoms with Crippen LogP contribution in [0.2, 0.25) is 0 Å². The summed E-state index contributed by atoms with van der Waals surface area (Å²) in [6.07, 6.45) is 9.48. The van der Waals surface area contributed by atoms with Crippen LogP contribution >= 0.6 is 0 Å². The lowest BCUT2D eigenvalue weighted by atomic mass is 9.80. The molecular formula is C17H23N3. The molecule has 2 unspecified atom stereocenters. The molecule has 1 fully saturated rings. The number of anilines is 2. The minimum atomic E-state index is 0.786. The topological polar surface area (TPSA) is 29.9 Å². The quantitative estimate of drug-likeness (QED) is 0.888. The molecule has 3 nitrogen and oxygen atoms in total. The number of benzene rings is 1. The monoisotopic (exact) mass is 269 g/mol. The summed E-state index contributed by atoms with van der Waals surface area (Å²) in [5, 5.41) is 3.41. The van der Waals surface area contributed by atoms with E-state index in [1.807, 2.05) is 24.4 Å². The van der Waals surface area contributed by atoms with E-state index in [0.717, 1.165) is 30.0 Å². The zero-order chi connectivity index (χ0) is 13.8. The fourth-order valence-electron chi connectivity index (χ4n) is 3.15. The molecule has 106 valence electrons. The molecule has 0 aliphatic heterocycles. The fraction of sp³-hybridized carbons (Fsp3) is 0.471. The van der Waals surface area contributed by atoms with Crippen LogP contribution in [0.1, 0.15) is 32.6 Å². The van der Waals surface area contributed by atoms with Crippen LogP contribution in [0.5, 0.6) is 0 Å². The van der Waals surface area contributed by atoms with Crippen LogP contribution in [0.4, 0.5) is 11.6 Å². The van der Waals surface area contributed by atoms with Crippen LogP contribution in [0.25, 0.3) is 0 Å². The predicted molar refractivity (Wildman–Crippen MR) is 83.1 cm³/mol. The van der Waals surface area contributed by atoms with Gasteiger partial charge in [0.1, 0.15) is 0 Å². The Hall–Kier alpha value is -1.77. The number of nitrogens with zero attached hydrogens (tertiary/aromatic N) is 2. The second-order valence-corrected chi connectivity index (χ2v) is 5.92. The molecule has 1 aliphatic rings. The standard InChI is InChI=1S/C17H23N3/c1-14-7-5-6-8-15(14)13-20-12-11-18-17(20)19-16-9-3-2-4-10-16/h2-4,9-12,14-15H,5-8,13H2,1H3,(H,18,19). The molecule has 3 heteroatoms. The highest BCUT2D eigenvalue weighted by atomic mass is 15.2. The van der Waals surface area contributed by atoms with Crippen LogP contribution in [-0.2, 0) is 6.54 Å². The Balaban J connectivity index is 1.70. The summed E-state index contributed by atoms with van der Waals surface area (Å²) in [4.78, 5) is 4.45. The summed E-state index contributed by atoms with van der Waals surface area (Å²) in [6, 6.07) is 10.3. The predicted octanol–water partition coefficient (Wildman–Crippen LogP) is 4.45. The Kier molecular flexibility index (Phi) is 4.05. The summed E-state index contributed by atoms with van der Waals surface area (Å²) in [5.74, 6) is 2.57. The molecule has 20 heavy (non-hydrogen) atoms. The molecule has 1 aromatic heterocycles. The van der Waals surface area contributed by atoms with Crippen LogP contribution in [0.3, 0.4) is 0 Å². The number of imidazole rings is 1. The zero-order valence-corrected chi connectivity index (χ0v) is 12.1. The average Bonchev–Trinajstić information content (AvgIpc) is 2.90. The van der Waals surface area contributed by atoms with E-state index in [2.05, 4.69) is 40.1 Å². The molecule has 2 atom stereocenters. The van der Waals surface area contributed by atoms with Crippen molar-refractivity contribution in [2.45, 2.75) is 39.2 Å². The third kappa shape index (κ3) is 3.03. The molecule has 1 heterocycles. The minimum absolute atomic E-state index is 0.786. The molecule has 0 bridgehead atoms. The molecule has 1 aliphatic carbocycles. The lowest BCUT2D eigenvalue weighted by Gasteiger charge is -2.29. The Labute approximate surface area is 121 Å². The van der Waals surface area contributed by atoms with Crippen molar-refractivity contribution >= 4 is 11.6 Å². The number of rotatable bonds is 4. The van der Waals surface area contributed by atoms with Gasteiger partial charge in [-0.05, 0) is 30.4 Å². The molecular weight excluding hydrogens is 246 g/mol. The maximum Gasteiger partial charge on any atom is 0.207 e. The molecule has 0 radical (unpaired) electrons. The van der Waals surface area contributed by atoms with Gasteiger partial charge >= 0.3 is 0 Å². The number of hydrogen-bond acceptors (Lipinski definition) is 2. The second-order valence-electron chi connectivity index (χ2n) is 5.92. The number of hydrogen-bond donors (Lipinski definition) is 1. The molecule has 1 saturated carbocycles. The summed E-state index contributed by atoms with van der Waals surface area (Å²) >= 11 is 0. The first-order chi connectivity index (χ1) is 9.83. The molecule has 1 aromatic carbocycles. The van der Waals surface area contributed by atoms with E-state index >= 15 is 0 Å². The van der Waals surface area contributed by atoms with Gasteiger partial charge in [0.15, 0.2) is 0 Å². The van der Waals surface area contributed by atoms with Crippen LogP contribution < -0.4 is 5.32 Å². The van der Waals surface area contributed by atoms with Crippen LogP contribution in [-0.4, -0.2) is 9.55 Å². The van der Waals surface area contributed by atoms with Crippen LogP contribution in [0, 0.1) is 11.8 Å². The average molecular weight is 269 g/mol. The number of nitrogens with one attached hydrogen (secondary N) is 1. The van der Waals surface area contributed by atoms with E-state index < -0.39 is 0 Å². The molecule has 0 amide bonds. The van der Waals surface area contributed by atoms with Gasteiger partial charge < -0.3 is 9.88 Å². The van der Waals surface area contributed by atoms with Gasteiger partial charge in [-0.15, -0.1) is 0 Å². The molecule has 0 spiro atoms. The second kappa shape index (κ2) is 6.12. The number of para-hydroxylation sites is 1. The van der Waals surface area contributed by atoms with Crippen molar-refractivity contribution < 1.29 is 0 Å². The van der Waals surface area contributed by atoms with E-state index in [4.69, 9.17) is 0 Å². The van der Waals surface area contributed by atoms with Gasteiger partial charge in [-0.3, -0.25) is 0 Å². The third-order valence-corrected chi connectivity index (χ3v) is 4.47. The molecule has 2 aromatic rings. The molecule has 0 saturated heterocycles. The molecule has 1 N–H and O–H groups in total. The Morgan fingerprint density at radius 3 is 2.80 bits per heavy atom. The van der Waals surface area contributed by atoms with Crippen molar-refractivity contribution in [1.82, 2.24) is 9.55 Å². The first kappa shape index (κ1) is 13.2. The first-order valence-corrected chi connectivity index (χ1v) is 7.66. The third-order valence-electron chi connectivity index (χ3n) is 4.47. The van der Waals surface area contributed by atoms with Gasteiger partial charge in [0.05, 0.1) is 0 Å². The van der Waals surface area contributed by atoms with Gasteiger partial charge in [-0.25, -0.2) is 4.98 Å². The van der Waals surface area contributed by atoms with Crippen molar-refractivity contribution in [3.05, 3.63) is 42.7 Å². The van der Waals surface area contributed by atoms with E-state index in [1.54, 1.807) is 0 Å². The largest absolute Gasteiger partial charge is 0.326 e. The van der Waals surface area contributed by atoms with E-state index in [0.29, 0.717) is 0 Å². The summed E-state index contributed by atoms with van der Waals surface area (Å²) in [6.45, 7) is 3.47. The molecule has 3 rings (SSSR count). The maximum absolute atomic E-state index is 4.45. The van der Waals surface area contributed by atoms with Crippen LogP contribution in [0.15, 0.2) is 42.7 Å². The van der Waals surface area contributed by atoms with E-state index in [9.17, 15) is 0 Å². The normalized spacial score (nSPS) is 22.6. The van der Waals surface area contributed by atoms with Gasteiger partial charge in [0, 0.05) is 24.6 Å². The maximum atomic E-state index is 4.45. The summed E-state index contributed by atoms with van der Waals surface area (Å²) in [7, 11) is 0. The fourth-order valence-corrected chi connectivity index (χ4v) is 3.15. The Morgan fingerprint density at radius 1 is 1.20 bits per heavy atom. The van der Waals surface area contributed by atoms with Gasteiger partial charge in [0.2, 0.25) is 5.95 Å². The lowest BCUT2D eigenvalue weighted by molar-refractivity contribution is 0.229. The van der Waals surface area contributed by atoms with Crippen molar-refractivity contribution in [2.24, 2.45) is 11.8 Å². The number of aromatic nitrogens is 2. The lowest BCUT2D eigenvalue weighted by Crippen LogP contribution is -2.22. The van der Waals surface area contributed by atoms with Crippen molar-refractivity contribution in [1.29, 1.82) is 0 Å². The first-order valence-electron chi connectivity index (χ1n) is 7.66. The summed E-state index contributed by atoms with van der Waals surface area (Å²) in [5.41, 5.74) is 1.09. The zero-order valence-electron chi connectivity index (χ0n) is 12.1. The van der Waals surface area contributed by atoms with Gasteiger partial charge in [-0.2, -0.15) is 0 Å². The van der Waals surface area contributed by atoms with Crippen molar-refractivity contribution in [3.8, 4) is 0 Å². The summed E-state index contributed by atoms with van der Waals surface area (Å²) < 4.78 is 2.26. The smallest absolute Gasteiger partial charge is 0.207 e. The van der Waals surface area contributed by atoms with Gasteiger partial charge in [0.25, 0.3) is 0 Å². The minimum Gasteiger partial charge on any atom is -0.326 e. The highest BCUT2D eigenvalue weighted by Crippen LogP contribution is 2.31. The van der Waals surface area contributed by atoms with Crippen molar-refractivity contribution in [3.63, 3.8) is 0 Å². The highest BCUT2D eigenvalue weighted by Gasteiger charge is 2.22. The SMILES string of the molecule is CC1CCCCC1Cn1ccnc1Nc1ccccc1. The highest BCUT2D eigenvalue weighted by molar-refractivity contribution is 5.52. The van der Waals surface area contributed by atoms with E-state index in [1.165, 1.54) is 25.7 Å². The van der Waals surface area contributed by atoms with E-state index in [-0.39, 0.29) is 0 Å².